The summed E-state index contributed by atoms with van der Waals surface area (Å²) >= 11 is 0. The summed E-state index contributed by atoms with van der Waals surface area (Å²) in [4.78, 5) is 4.98. The van der Waals surface area contributed by atoms with E-state index in [1.54, 1.807) is 7.05 Å². The lowest BCUT2D eigenvalue weighted by Crippen LogP contribution is -2.36. The Balaban J connectivity index is 2.95. The second-order valence-electron chi connectivity index (χ2n) is 1.92. The van der Waals surface area contributed by atoms with Gasteiger partial charge in [-0.2, -0.15) is 0 Å². The van der Waals surface area contributed by atoms with Gasteiger partial charge in [0.25, 0.3) is 0 Å². The first kappa shape index (κ1) is 8.94. The van der Waals surface area contributed by atoms with Gasteiger partial charge in [-0.25, -0.2) is 5.48 Å². The van der Waals surface area contributed by atoms with Crippen LogP contribution in [-0.2, 0) is 4.84 Å². The molecule has 0 aliphatic heterocycles. The van der Waals surface area contributed by atoms with Crippen molar-refractivity contribution in [3.05, 3.63) is 0 Å². The normalized spacial score (nSPS) is 13.6. The van der Waals surface area contributed by atoms with Gasteiger partial charge in [0, 0.05) is 7.05 Å². The van der Waals surface area contributed by atoms with E-state index in [4.69, 9.17) is 4.84 Å². The SMILES string of the molecule is BC(NCCC)ONC. The van der Waals surface area contributed by atoms with E-state index in [2.05, 4.69) is 17.7 Å². The Morgan fingerprint density at radius 2 is 2.33 bits per heavy atom. The molecule has 1 atom stereocenters. The van der Waals surface area contributed by atoms with Crippen molar-refractivity contribution < 1.29 is 4.84 Å². The van der Waals surface area contributed by atoms with Crippen LogP contribution < -0.4 is 10.8 Å². The summed E-state index contributed by atoms with van der Waals surface area (Å²) < 4.78 is 0. The van der Waals surface area contributed by atoms with E-state index in [1.807, 2.05) is 7.85 Å². The molecule has 54 valence electrons. The zero-order valence-corrected chi connectivity index (χ0v) is 6.40. The van der Waals surface area contributed by atoms with Crippen LogP contribution in [0.3, 0.4) is 0 Å². The molecular formula is C5H15BN2O. The van der Waals surface area contributed by atoms with Gasteiger partial charge in [-0.3, -0.25) is 10.2 Å². The molecule has 0 aromatic carbocycles. The highest BCUT2D eigenvalue weighted by Gasteiger charge is 1.95. The Bertz CT molecular complexity index is 62.9. The van der Waals surface area contributed by atoms with Crippen molar-refractivity contribution in [2.24, 2.45) is 0 Å². The van der Waals surface area contributed by atoms with E-state index in [-0.39, 0.29) is 6.13 Å². The minimum Gasteiger partial charge on any atom is -0.298 e. The van der Waals surface area contributed by atoms with E-state index in [9.17, 15) is 0 Å². The number of hydrogen-bond donors (Lipinski definition) is 2. The van der Waals surface area contributed by atoms with Crippen LogP contribution in [0.5, 0.6) is 0 Å². The maximum absolute atomic E-state index is 4.98. The lowest BCUT2D eigenvalue weighted by atomic mass is 10.1. The van der Waals surface area contributed by atoms with Crippen LogP contribution in [0.4, 0.5) is 0 Å². The van der Waals surface area contributed by atoms with Crippen molar-refractivity contribution >= 4 is 7.85 Å². The Kier molecular flexibility index (Phi) is 6.03. The Morgan fingerprint density at radius 3 is 2.78 bits per heavy atom. The molecule has 2 N–H and O–H groups in total. The van der Waals surface area contributed by atoms with E-state index in [0.29, 0.717) is 0 Å². The summed E-state index contributed by atoms with van der Waals surface area (Å²) in [6.45, 7) is 3.13. The molecule has 0 saturated carbocycles. The maximum atomic E-state index is 4.98. The average Bonchev–Trinajstić information content (AvgIpc) is 1.85. The topological polar surface area (TPSA) is 33.3 Å². The predicted octanol–water partition coefficient (Wildman–Crippen LogP) is -0.946. The summed E-state index contributed by atoms with van der Waals surface area (Å²) in [5, 5.41) is 3.15. The average molecular weight is 130 g/mol. The van der Waals surface area contributed by atoms with Crippen molar-refractivity contribution in [3.63, 3.8) is 0 Å². The number of hydroxylamine groups is 1. The quantitative estimate of drug-likeness (QED) is 0.286. The summed E-state index contributed by atoms with van der Waals surface area (Å²) in [6, 6.07) is 0. The number of hydrogen-bond acceptors (Lipinski definition) is 3. The fourth-order valence-corrected chi connectivity index (χ4v) is 0.566. The molecule has 0 fully saturated rings. The van der Waals surface area contributed by atoms with Crippen LogP contribution in [0.2, 0.25) is 0 Å². The molecule has 0 heterocycles. The zero-order chi connectivity index (χ0) is 7.11. The van der Waals surface area contributed by atoms with E-state index < -0.39 is 0 Å². The molecule has 4 heteroatoms. The molecule has 0 aliphatic rings. The largest absolute Gasteiger partial charge is 0.298 e. The van der Waals surface area contributed by atoms with Gasteiger partial charge in [0.15, 0.2) is 7.85 Å². The molecule has 0 aromatic rings. The van der Waals surface area contributed by atoms with Gasteiger partial charge in [-0.1, -0.05) is 6.92 Å². The minimum atomic E-state index is 0.106. The monoisotopic (exact) mass is 130 g/mol. The van der Waals surface area contributed by atoms with Gasteiger partial charge in [0.2, 0.25) is 0 Å². The molecular weight excluding hydrogens is 115 g/mol. The van der Waals surface area contributed by atoms with Crippen molar-refractivity contribution in [2.75, 3.05) is 13.6 Å². The number of rotatable bonds is 5. The van der Waals surface area contributed by atoms with Crippen LogP contribution >= 0.6 is 0 Å². The van der Waals surface area contributed by atoms with Crippen LogP contribution in [0.25, 0.3) is 0 Å². The molecule has 3 nitrogen and oxygen atoms in total. The lowest BCUT2D eigenvalue weighted by molar-refractivity contribution is 0.0167. The molecule has 0 amide bonds. The van der Waals surface area contributed by atoms with Crippen LogP contribution in [0.1, 0.15) is 13.3 Å². The molecule has 0 rings (SSSR count). The molecule has 0 aliphatic carbocycles. The first-order chi connectivity index (χ1) is 4.31. The third kappa shape index (κ3) is 5.82. The first-order valence-corrected chi connectivity index (χ1v) is 3.37. The maximum Gasteiger partial charge on any atom is 0.161 e. The smallest absolute Gasteiger partial charge is 0.161 e. The summed E-state index contributed by atoms with van der Waals surface area (Å²) in [5.41, 5.74) is 2.61. The minimum absolute atomic E-state index is 0.106. The third-order valence-electron chi connectivity index (χ3n) is 0.976. The molecule has 0 radical (unpaired) electrons. The summed E-state index contributed by atoms with van der Waals surface area (Å²) in [5.74, 6) is 0. The van der Waals surface area contributed by atoms with Crippen LogP contribution in [0.15, 0.2) is 0 Å². The van der Waals surface area contributed by atoms with Gasteiger partial charge in [0.1, 0.15) is 0 Å². The summed E-state index contributed by atoms with van der Waals surface area (Å²) in [6.07, 6.45) is 1.24. The highest BCUT2D eigenvalue weighted by Crippen LogP contribution is 1.75. The van der Waals surface area contributed by atoms with Gasteiger partial charge in [-0.05, 0) is 13.0 Å². The molecule has 0 aromatic heterocycles. The molecule has 0 bridgehead atoms. The van der Waals surface area contributed by atoms with Gasteiger partial charge in [0.05, 0.1) is 6.13 Å². The zero-order valence-electron chi connectivity index (χ0n) is 6.40. The van der Waals surface area contributed by atoms with E-state index in [1.165, 1.54) is 0 Å². The van der Waals surface area contributed by atoms with Gasteiger partial charge < -0.3 is 0 Å². The van der Waals surface area contributed by atoms with Gasteiger partial charge in [-0.15, -0.1) is 0 Å². The first-order valence-electron chi connectivity index (χ1n) is 3.37. The highest BCUT2D eigenvalue weighted by atomic mass is 16.7. The van der Waals surface area contributed by atoms with Gasteiger partial charge >= 0.3 is 0 Å². The van der Waals surface area contributed by atoms with Crippen molar-refractivity contribution in [1.29, 1.82) is 0 Å². The summed E-state index contributed by atoms with van der Waals surface area (Å²) in [7, 11) is 3.72. The second kappa shape index (κ2) is 6.07. The Labute approximate surface area is 57.5 Å². The standard InChI is InChI=1S/C5H15BN2O/c1-3-4-8-5(6)9-7-2/h5,7-8H,3-4,6H2,1-2H3. The molecule has 0 spiro atoms. The predicted molar refractivity (Wildman–Crippen MR) is 40.8 cm³/mol. The molecule has 9 heavy (non-hydrogen) atoms. The fraction of sp³-hybridized carbons (Fsp3) is 1.00. The van der Waals surface area contributed by atoms with Crippen LogP contribution in [0, 0.1) is 0 Å². The van der Waals surface area contributed by atoms with Crippen molar-refractivity contribution in [1.82, 2.24) is 10.8 Å². The van der Waals surface area contributed by atoms with E-state index >= 15 is 0 Å². The van der Waals surface area contributed by atoms with E-state index in [0.717, 1.165) is 13.0 Å². The van der Waals surface area contributed by atoms with Crippen LogP contribution in [-0.4, -0.2) is 27.6 Å². The molecule has 0 saturated heterocycles. The third-order valence-corrected chi connectivity index (χ3v) is 0.976. The molecule has 1 unspecified atom stereocenters. The Hall–Kier alpha value is -0.0551. The lowest BCUT2D eigenvalue weighted by Gasteiger charge is -2.11. The second-order valence-corrected chi connectivity index (χ2v) is 1.92. The van der Waals surface area contributed by atoms with Crippen molar-refractivity contribution in [2.45, 2.75) is 19.5 Å². The Morgan fingerprint density at radius 1 is 1.67 bits per heavy atom. The fourth-order valence-electron chi connectivity index (χ4n) is 0.566. The van der Waals surface area contributed by atoms with Crippen molar-refractivity contribution in [3.8, 4) is 0 Å². The highest BCUT2D eigenvalue weighted by molar-refractivity contribution is 6.10. The number of nitrogens with one attached hydrogen (secondary N) is 2.